The van der Waals surface area contributed by atoms with Crippen molar-refractivity contribution < 1.29 is 4.79 Å². The smallest absolute Gasteiger partial charge is 0.225 e. The van der Waals surface area contributed by atoms with Crippen molar-refractivity contribution in [3.8, 4) is 0 Å². The molecule has 2 aromatic rings. The second-order valence-corrected chi connectivity index (χ2v) is 6.88. The third-order valence-corrected chi connectivity index (χ3v) is 5.06. The molecule has 0 aromatic carbocycles. The van der Waals surface area contributed by atoms with Crippen LogP contribution in [0.1, 0.15) is 37.4 Å². The van der Waals surface area contributed by atoms with Gasteiger partial charge >= 0.3 is 0 Å². The van der Waals surface area contributed by atoms with Gasteiger partial charge in [0.1, 0.15) is 5.82 Å². The molecule has 23 heavy (non-hydrogen) atoms. The van der Waals surface area contributed by atoms with Gasteiger partial charge in [-0.1, -0.05) is 0 Å². The highest BCUT2D eigenvalue weighted by Gasteiger charge is 2.35. The minimum atomic E-state index is 0.314. The fourth-order valence-electron chi connectivity index (χ4n) is 3.30. The first-order chi connectivity index (χ1) is 11.3. The van der Waals surface area contributed by atoms with Crippen LogP contribution in [0.4, 0.5) is 5.82 Å². The van der Waals surface area contributed by atoms with Crippen LogP contribution in [0.5, 0.6) is 0 Å². The Morgan fingerprint density at radius 2 is 1.78 bits per heavy atom. The van der Waals surface area contributed by atoms with E-state index in [4.69, 9.17) is 5.10 Å². The van der Waals surface area contributed by atoms with E-state index < -0.39 is 0 Å². The quantitative estimate of drug-likeness (QED) is 0.848. The Bertz CT molecular complexity index is 755. The van der Waals surface area contributed by atoms with Gasteiger partial charge in [-0.2, -0.15) is 4.52 Å². The number of aromatic nitrogens is 4. The molecule has 0 unspecified atom stereocenters. The molecule has 0 atom stereocenters. The molecule has 0 spiro atoms. The maximum Gasteiger partial charge on any atom is 0.225 e. The Balaban J connectivity index is 1.34. The first-order valence-corrected chi connectivity index (χ1v) is 8.56. The fraction of sp³-hybridized carbons (Fsp3) is 0.625. The first-order valence-electron chi connectivity index (χ1n) is 8.56. The van der Waals surface area contributed by atoms with Gasteiger partial charge < -0.3 is 9.80 Å². The molecule has 2 aliphatic carbocycles. The largest absolute Gasteiger partial charge is 0.352 e. The van der Waals surface area contributed by atoms with Crippen LogP contribution >= 0.6 is 0 Å². The molecule has 3 fully saturated rings. The Labute approximate surface area is 134 Å². The van der Waals surface area contributed by atoms with Gasteiger partial charge in [0.2, 0.25) is 5.91 Å². The lowest BCUT2D eigenvalue weighted by molar-refractivity contribution is -0.132. The molecule has 2 aromatic heterocycles. The molecule has 7 nitrogen and oxygen atoms in total. The molecule has 3 heterocycles. The number of hydrogen-bond donors (Lipinski definition) is 0. The molecule has 5 rings (SSSR count). The van der Waals surface area contributed by atoms with Gasteiger partial charge in [-0.25, -0.2) is 0 Å². The average Bonchev–Trinajstić information content (AvgIpc) is 3.51. The van der Waals surface area contributed by atoms with Gasteiger partial charge in [-0.05, 0) is 37.8 Å². The highest BCUT2D eigenvalue weighted by Crippen LogP contribution is 2.38. The van der Waals surface area contributed by atoms with Gasteiger partial charge in [-0.3, -0.25) is 4.79 Å². The van der Waals surface area contributed by atoms with Crippen molar-refractivity contribution >= 4 is 17.4 Å². The molecule has 0 radical (unpaired) electrons. The topological polar surface area (TPSA) is 66.6 Å². The third-order valence-electron chi connectivity index (χ3n) is 5.06. The van der Waals surface area contributed by atoms with E-state index in [2.05, 4.69) is 15.1 Å². The predicted octanol–water partition coefficient (Wildman–Crippen LogP) is 1.06. The molecule has 0 N–H and O–H groups in total. The van der Waals surface area contributed by atoms with Gasteiger partial charge in [-0.15, -0.1) is 15.3 Å². The highest BCUT2D eigenvalue weighted by atomic mass is 16.2. The van der Waals surface area contributed by atoms with Crippen molar-refractivity contribution in [1.82, 2.24) is 24.7 Å². The number of hydrogen-bond acceptors (Lipinski definition) is 5. The maximum absolute atomic E-state index is 12.1. The van der Waals surface area contributed by atoms with E-state index in [1.807, 2.05) is 21.5 Å². The normalized spacial score (nSPS) is 21.9. The second kappa shape index (κ2) is 4.91. The number of carbonyl (C=O) groups excluding carboxylic acids is 1. The summed E-state index contributed by atoms with van der Waals surface area (Å²) >= 11 is 0. The third kappa shape index (κ3) is 2.34. The summed E-state index contributed by atoms with van der Waals surface area (Å²) in [7, 11) is 0. The molecular formula is C16H20N6O. The summed E-state index contributed by atoms with van der Waals surface area (Å²) in [5, 5.41) is 13.2. The highest BCUT2D eigenvalue weighted by molar-refractivity contribution is 5.81. The lowest BCUT2D eigenvalue weighted by Gasteiger charge is -2.35. The number of carbonyl (C=O) groups is 1. The van der Waals surface area contributed by atoms with Crippen molar-refractivity contribution in [2.75, 3.05) is 31.1 Å². The number of rotatable bonds is 3. The van der Waals surface area contributed by atoms with Crippen molar-refractivity contribution in [3.63, 3.8) is 0 Å². The predicted molar refractivity (Wildman–Crippen MR) is 84.3 cm³/mol. The summed E-state index contributed by atoms with van der Waals surface area (Å²) in [5.74, 6) is 3.14. The summed E-state index contributed by atoms with van der Waals surface area (Å²) in [4.78, 5) is 16.4. The van der Waals surface area contributed by atoms with Gasteiger partial charge in [0.25, 0.3) is 0 Å². The summed E-state index contributed by atoms with van der Waals surface area (Å²) < 4.78 is 1.90. The van der Waals surface area contributed by atoms with E-state index in [1.165, 1.54) is 12.8 Å². The Morgan fingerprint density at radius 3 is 2.48 bits per heavy atom. The Morgan fingerprint density at radius 1 is 1.00 bits per heavy atom. The summed E-state index contributed by atoms with van der Waals surface area (Å²) in [5.41, 5.74) is 0.818. The number of piperazine rings is 1. The first kappa shape index (κ1) is 13.3. The molecule has 3 aliphatic rings. The minimum absolute atomic E-state index is 0.314. The zero-order chi connectivity index (χ0) is 15.4. The van der Waals surface area contributed by atoms with E-state index in [0.717, 1.165) is 56.3 Å². The molecule has 120 valence electrons. The number of nitrogens with zero attached hydrogens (tertiary/aromatic N) is 6. The lowest BCUT2D eigenvalue weighted by Crippen LogP contribution is -2.49. The molecule has 2 saturated carbocycles. The standard InChI is InChI=1S/C16H20N6O/c23-16(12-3-4-12)21-9-7-20(8-10-21)14-6-5-13-17-18-15(11-1-2-11)22(13)19-14/h5-6,11-12H,1-4,7-10H2. The van der Waals surface area contributed by atoms with Crippen LogP contribution in [-0.2, 0) is 4.79 Å². The summed E-state index contributed by atoms with van der Waals surface area (Å²) in [6.45, 7) is 3.29. The zero-order valence-corrected chi connectivity index (χ0v) is 13.1. The van der Waals surface area contributed by atoms with Crippen molar-refractivity contribution in [1.29, 1.82) is 0 Å². The number of anilines is 1. The Hall–Kier alpha value is -2.18. The Kier molecular flexibility index (Phi) is 2.83. The van der Waals surface area contributed by atoms with Crippen LogP contribution in [0.25, 0.3) is 5.65 Å². The molecule has 1 saturated heterocycles. The number of amides is 1. The molecule has 7 heteroatoms. The van der Waals surface area contributed by atoms with E-state index >= 15 is 0 Å². The van der Waals surface area contributed by atoms with Crippen molar-refractivity contribution in [2.24, 2.45) is 5.92 Å². The minimum Gasteiger partial charge on any atom is -0.352 e. The lowest BCUT2D eigenvalue weighted by atomic mass is 10.2. The molecule has 0 bridgehead atoms. The van der Waals surface area contributed by atoms with E-state index in [0.29, 0.717) is 17.7 Å². The summed E-state index contributed by atoms with van der Waals surface area (Å²) in [6.07, 6.45) is 4.53. The van der Waals surface area contributed by atoms with Gasteiger partial charge in [0.15, 0.2) is 11.5 Å². The van der Waals surface area contributed by atoms with Gasteiger partial charge in [0, 0.05) is 38.0 Å². The molecule has 1 aliphatic heterocycles. The van der Waals surface area contributed by atoms with E-state index in [1.54, 1.807) is 0 Å². The van der Waals surface area contributed by atoms with Crippen molar-refractivity contribution in [3.05, 3.63) is 18.0 Å². The molecular weight excluding hydrogens is 292 g/mol. The van der Waals surface area contributed by atoms with Crippen LogP contribution in [0.2, 0.25) is 0 Å². The zero-order valence-electron chi connectivity index (χ0n) is 13.1. The van der Waals surface area contributed by atoms with Crippen molar-refractivity contribution in [2.45, 2.75) is 31.6 Å². The van der Waals surface area contributed by atoms with E-state index in [-0.39, 0.29) is 0 Å². The summed E-state index contributed by atoms with van der Waals surface area (Å²) in [6, 6.07) is 4.00. The molecule has 1 amide bonds. The average molecular weight is 312 g/mol. The second-order valence-electron chi connectivity index (χ2n) is 6.88. The fourth-order valence-corrected chi connectivity index (χ4v) is 3.30. The maximum atomic E-state index is 12.1. The van der Waals surface area contributed by atoms with E-state index in [9.17, 15) is 4.79 Å². The monoisotopic (exact) mass is 312 g/mol. The van der Waals surface area contributed by atoms with Crippen LogP contribution in [-0.4, -0.2) is 56.8 Å². The van der Waals surface area contributed by atoms with Crippen LogP contribution < -0.4 is 4.90 Å². The van der Waals surface area contributed by atoms with Crippen LogP contribution in [0.3, 0.4) is 0 Å². The van der Waals surface area contributed by atoms with Gasteiger partial charge in [0.05, 0.1) is 0 Å². The van der Waals surface area contributed by atoms with Crippen LogP contribution in [0, 0.1) is 5.92 Å². The number of fused-ring (bicyclic) bond motifs is 1. The SMILES string of the molecule is O=C(C1CC1)N1CCN(c2ccc3nnc(C4CC4)n3n2)CC1. The van der Waals surface area contributed by atoms with Crippen LogP contribution in [0.15, 0.2) is 12.1 Å².